The molecule has 1 aliphatic rings. The standard InChI is InChI=1S/C18H30N2O3/c1-13-8-9-15(23-13)12-20(5)17(21)19-11-14-7-6-10-22-16(14)18(2,3)4/h8-9,14,16H,6-7,10-12H2,1-5H3,(H,19,21)/t14-,16+/m1/s1. The van der Waals surface area contributed by atoms with Crippen molar-refractivity contribution in [3.05, 3.63) is 23.7 Å². The van der Waals surface area contributed by atoms with Crippen LogP contribution in [0.25, 0.3) is 0 Å². The van der Waals surface area contributed by atoms with Crippen molar-refractivity contribution in [2.24, 2.45) is 11.3 Å². The van der Waals surface area contributed by atoms with Gasteiger partial charge in [0.2, 0.25) is 0 Å². The Morgan fingerprint density at radius 2 is 2.13 bits per heavy atom. The van der Waals surface area contributed by atoms with E-state index in [4.69, 9.17) is 9.15 Å². The topological polar surface area (TPSA) is 54.7 Å². The molecule has 1 fully saturated rings. The molecule has 2 atom stereocenters. The Labute approximate surface area is 139 Å². The fourth-order valence-corrected chi connectivity index (χ4v) is 3.24. The maximum Gasteiger partial charge on any atom is 0.317 e. The first kappa shape index (κ1) is 17.9. The van der Waals surface area contributed by atoms with Gasteiger partial charge in [-0.05, 0) is 37.3 Å². The first-order chi connectivity index (χ1) is 10.8. The zero-order valence-electron chi connectivity index (χ0n) is 15.0. The number of furan rings is 1. The van der Waals surface area contributed by atoms with Crippen LogP contribution in [0.1, 0.15) is 45.1 Å². The first-order valence-corrected chi connectivity index (χ1v) is 8.43. The molecule has 0 aliphatic carbocycles. The van der Waals surface area contributed by atoms with E-state index < -0.39 is 0 Å². The van der Waals surface area contributed by atoms with E-state index in [9.17, 15) is 4.79 Å². The van der Waals surface area contributed by atoms with Gasteiger partial charge >= 0.3 is 6.03 Å². The molecule has 130 valence electrons. The number of aryl methyl sites for hydroxylation is 1. The SMILES string of the molecule is Cc1ccc(CN(C)C(=O)NC[C@H]2CCCO[C@@H]2C(C)(C)C)o1. The van der Waals surface area contributed by atoms with Gasteiger partial charge in [0.1, 0.15) is 11.5 Å². The summed E-state index contributed by atoms with van der Waals surface area (Å²) in [6, 6.07) is 3.75. The minimum Gasteiger partial charge on any atom is -0.464 e. The lowest BCUT2D eigenvalue weighted by molar-refractivity contribution is -0.0839. The second-order valence-corrected chi connectivity index (χ2v) is 7.61. The Balaban J connectivity index is 1.84. The van der Waals surface area contributed by atoms with E-state index in [0.717, 1.165) is 31.0 Å². The Morgan fingerprint density at radius 1 is 1.39 bits per heavy atom. The Bertz CT molecular complexity index is 519. The van der Waals surface area contributed by atoms with Gasteiger partial charge in [0.25, 0.3) is 0 Å². The third-order valence-electron chi connectivity index (χ3n) is 4.35. The van der Waals surface area contributed by atoms with Crippen LogP contribution in [0.4, 0.5) is 4.79 Å². The molecule has 1 aromatic rings. The molecule has 5 nitrogen and oxygen atoms in total. The van der Waals surface area contributed by atoms with Crippen LogP contribution in [0.3, 0.4) is 0 Å². The van der Waals surface area contributed by atoms with E-state index in [0.29, 0.717) is 19.0 Å². The molecule has 1 aliphatic heterocycles. The quantitative estimate of drug-likeness (QED) is 0.922. The van der Waals surface area contributed by atoms with Crippen molar-refractivity contribution < 1.29 is 13.9 Å². The van der Waals surface area contributed by atoms with Crippen LogP contribution in [-0.4, -0.2) is 37.2 Å². The van der Waals surface area contributed by atoms with E-state index in [1.807, 2.05) is 19.1 Å². The highest BCUT2D eigenvalue weighted by atomic mass is 16.5. The molecule has 0 aromatic carbocycles. The number of nitrogens with zero attached hydrogens (tertiary/aromatic N) is 1. The van der Waals surface area contributed by atoms with Crippen molar-refractivity contribution >= 4 is 6.03 Å². The van der Waals surface area contributed by atoms with E-state index >= 15 is 0 Å². The molecule has 0 bridgehead atoms. The Hall–Kier alpha value is -1.49. The number of urea groups is 1. The lowest BCUT2D eigenvalue weighted by atomic mass is 9.78. The molecule has 1 N–H and O–H groups in total. The van der Waals surface area contributed by atoms with E-state index in [1.165, 1.54) is 0 Å². The molecule has 2 rings (SSSR count). The predicted octanol–water partition coefficient (Wildman–Crippen LogP) is 3.57. The third-order valence-corrected chi connectivity index (χ3v) is 4.35. The van der Waals surface area contributed by atoms with E-state index in [-0.39, 0.29) is 17.6 Å². The summed E-state index contributed by atoms with van der Waals surface area (Å²) in [7, 11) is 1.78. The minimum atomic E-state index is -0.0720. The van der Waals surface area contributed by atoms with Crippen molar-refractivity contribution in [2.45, 2.75) is 53.2 Å². The molecule has 1 saturated heterocycles. The molecule has 0 unspecified atom stereocenters. The van der Waals surface area contributed by atoms with Gasteiger partial charge in [0.05, 0.1) is 12.6 Å². The number of hydrogen-bond acceptors (Lipinski definition) is 3. The molecular weight excluding hydrogens is 292 g/mol. The lowest BCUT2D eigenvalue weighted by Gasteiger charge is -2.40. The second kappa shape index (κ2) is 7.39. The number of rotatable bonds is 4. The van der Waals surface area contributed by atoms with Crippen LogP contribution >= 0.6 is 0 Å². The fraction of sp³-hybridized carbons (Fsp3) is 0.722. The molecule has 5 heteroatoms. The molecule has 2 heterocycles. The van der Waals surface area contributed by atoms with Gasteiger partial charge in [-0.15, -0.1) is 0 Å². The highest BCUT2D eigenvalue weighted by molar-refractivity contribution is 5.73. The molecule has 23 heavy (non-hydrogen) atoms. The number of nitrogens with one attached hydrogen (secondary N) is 1. The van der Waals surface area contributed by atoms with Gasteiger partial charge in [-0.2, -0.15) is 0 Å². The third kappa shape index (κ3) is 4.99. The van der Waals surface area contributed by atoms with E-state index in [2.05, 4.69) is 26.1 Å². The molecular formula is C18H30N2O3. The van der Waals surface area contributed by atoms with Gasteiger partial charge in [-0.1, -0.05) is 20.8 Å². The highest BCUT2D eigenvalue weighted by Gasteiger charge is 2.35. The maximum atomic E-state index is 12.3. The summed E-state index contributed by atoms with van der Waals surface area (Å²) in [6.45, 7) is 10.4. The van der Waals surface area contributed by atoms with Crippen LogP contribution < -0.4 is 5.32 Å². The van der Waals surface area contributed by atoms with Crippen LogP contribution in [0.15, 0.2) is 16.5 Å². The number of carbonyl (C=O) groups excluding carboxylic acids is 1. The lowest BCUT2D eigenvalue weighted by Crippen LogP contribution is -2.47. The number of ether oxygens (including phenoxy) is 1. The first-order valence-electron chi connectivity index (χ1n) is 8.43. The van der Waals surface area contributed by atoms with Crippen molar-refractivity contribution in [3.8, 4) is 0 Å². The molecule has 0 radical (unpaired) electrons. The zero-order valence-corrected chi connectivity index (χ0v) is 15.0. The summed E-state index contributed by atoms with van der Waals surface area (Å²) in [4.78, 5) is 13.9. The monoisotopic (exact) mass is 322 g/mol. The van der Waals surface area contributed by atoms with Gasteiger partial charge in [0.15, 0.2) is 0 Å². The summed E-state index contributed by atoms with van der Waals surface area (Å²) in [5.41, 5.74) is 0.0907. The number of hydrogen-bond donors (Lipinski definition) is 1. The van der Waals surface area contributed by atoms with Crippen molar-refractivity contribution in [3.63, 3.8) is 0 Å². The zero-order chi connectivity index (χ0) is 17.0. The van der Waals surface area contributed by atoms with Gasteiger partial charge in [0, 0.05) is 26.1 Å². The fourth-order valence-electron chi connectivity index (χ4n) is 3.24. The molecule has 2 amide bonds. The summed E-state index contributed by atoms with van der Waals surface area (Å²) >= 11 is 0. The van der Waals surface area contributed by atoms with Crippen LogP contribution in [0.5, 0.6) is 0 Å². The summed E-state index contributed by atoms with van der Waals surface area (Å²) in [5, 5.41) is 3.05. The largest absolute Gasteiger partial charge is 0.464 e. The molecule has 1 aromatic heterocycles. The normalized spacial score (nSPS) is 22.0. The highest BCUT2D eigenvalue weighted by Crippen LogP contribution is 2.33. The average molecular weight is 322 g/mol. The van der Waals surface area contributed by atoms with E-state index in [1.54, 1.807) is 11.9 Å². The molecule has 0 spiro atoms. The van der Waals surface area contributed by atoms with Gasteiger partial charge in [-0.3, -0.25) is 0 Å². The summed E-state index contributed by atoms with van der Waals surface area (Å²) in [5.74, 6) is 2.03. The minimum absolute atomic E-state index is 0.0720. The van der Waals surface area contributed by atoms with Gasteiger partial charge in [-0.25, -0.2) is 4.79 Å². The second-order valence-electron chi connectivity index (χ2n) is 7.61. The van der Waals surface area contributed by atoms with Crippen LogP contribution in [-0.2, 0) is 11.3 Å². The molecule has 0 saturated carbocycles. The average Bonchev–Trinajstić information content (AvgIpc) is 2.89. The Morgan fingerprint density at radius 3 is 2.74 bits per heavy atom. The smallest absolute Gasteiger partial charge is 0.317 e. The maximum absolute atomic E-state index is 12.3. The number of carbonyl (C=O) groups is 1. The van der Waals surface area contributed by atoms with Crippen molar-refractivity contribution in [1.29, 1.82) is 0 Å². The van der Waals surface area contributed by atoms with Crippen LogP contribution in [0.2, 0.25) is 0 Å². The predicted molar refractivity (Wildman–Crippen MR) is 90.2 cm³/mol. The van der Waals surface area contributed by atoms with Crippen molar-refractivity contribution in [1.82, 2.24) is 10.2 Å². The van der Waals surface area contributed by atoms with Gasteiger partial charge < -0.3 is 19.4 Å². The summed E-state index contributed by atoms with van der Waals surface area (Å²) < 4.78 is 11.5. The summed E-state index contributed by atoms with van der Waals surface area (Å²) in [6.07, 6.45) is 2.35. The number of amides is 2. The van der Waals surface area contributed by atoms with Crippen molar-refractivity contribution in [2.75, 3.05) is 20.2 Å². The van der Waals surface area contributed by atoms with Crippen LogP contribution in [0, 0.1) is 18.3 Å². The Kier molecular flexibility index (Phi) is 5.74.